The fourth-order valence-electron chi connectivity index (χ4n) is 4.75. The summed E-state index contributed by atoms with van der Waals surface area (Å²) in [5.41, 5.74) is 6.50. The molecule has 5 aromatic rings. The fraction of sp³-hybridized carbons (Fsp3) is 0.214. The van der Waals surface area contributed by atoms with Crippen molar-refractivity contribution in [2.24, 2.45) is 7.05 Å². The number of anilines is 1. The summed E-state index contributed by atoms with van der Waals surface area (Å²) in [7, 11) is 1.94. The van der Waals surface area contributed by atoms with Gasteiger partial charge in [-0.15, -0.1) is 0 Å². The van der Waals surface area contributed by atoms with Gasteiger partial charge in [0.05, 0.1) is 17.4 Å². The molecule has 0 spiro atoms. The summed E-state index contributed by atoms with van der Waals surface area (Å²) in [4.78, 5) is 18.8. The zero-order valence-corrected chi connectivity index (χ0v) is 19.7. The summed E-state index contributed by atoms with van der Waals surface area (Å²) in [6.45, 7) is 4.83. The van der Waals surface area contributed by atoms with Crippen LogP contribution in [-0.4, -0.2) is 55.8 Å². The molecule has 0 N–H and O–H groups in total. The highest BCUT2D eigenvalue weighted by Gasteiger charge is 2.19. The molecule has 0 bridgehead atoms. The summed E-state index contributed by atoms with van der Waals surface area (Å²) in [6, 6.07) is 18.9. The Kier molecular flexibility index (Phi) is 5.68. The Morgan fingerprint density at radius 3 is 2.40 bits per heavy atom. The topological polar surface area (TPSA) is 63.0 Å². The second-order valence-corrected chi connectivity index (χ2v) is 8.99. The molecule has 174 valence electrons. The standard InChI is InChI=1S/C28H27N7/c1-33-19-23(18-32-33)22-15-26(25-6-4-10-30-27(25)16-22)21-7-8-28(31-17-21)35-13-11-34(12-14-35)20-24-5-2-3-9-29-24/h2-10,15-19H,11-14,20H2,1H3. The predicted octanol–water partition coefficient (Wildman–Crippen LogP) is 4.41. The van der Waals surface area contributed by atoms with Crippen molar-refractivity contribution in [2.45, 2.75) is 6.54 Å². The number of nitrogens with zero attached hydrogens (tertiary/aromatic N) is 7. The van der Waals surface area contributed by atoms with Crippen LogP contribution in [0.15, 0.2) is 85.6 Å². The minimum absolute atomic E-state index is 0.898. The van der Waals surface area contributed by atoms with Crippen LogP contribution in [0, 0.1) is 0 Å². The molecule has 0 amide bonds. The van der Waals surface area contributed by atoms with Gasteiger partial charge in [-0.05, 0) is 53.6 Å². The van der Waals surface area contributed by atoms with E-state index in [0.717, 1.165) is 77.4 Å². The summed E-state index contributed by atoms with van der Waals surface area (Å²) >= 11 is 0. The Labute approximate surface area is 204 Å². The Hall–Kier alpha value is -4.10. The molecule has 7 heteroatoms. The van der Waals surface area contributed by atoms with Crippen LogP contribution in [0.4, 0.5) is 5.82 Å². The molecule has 1 saturated heterocycles. The van der Waals surface area contributed by atoms with Crippen molar-refractivity contribution in [3.8, 4) is 22.3 Å². The molecule has 0 aliphatic carbocycles. The van der Waals surface area contributed by atoms with Gasteiger partial charge in [0.2, 0.25) is 0 Å². The molecular weight excluding hydrogens is 434 g/mol. The second-order valence-electron chi connectivity index (χ2n) is 8.99. The molecule has 7 nitrogen and oxygen atoms in total. The molecule has 1 fully saturated rings. The lowest BCUT2D eigenvalue weighted by molar-refractivity contribution is 0.246. The molecule has 1 aromatic carbocycles. The van der Waals surface area contributed by atoms with Crippen molar-refractivity contribution >= 4 is 16.7 Å². The van der Waals surface area contributed by atoms with Crippen LogP contribution in [0.2, 0.25) is 0 Å². The van der Waals surface area contributed by atoms with E-state index in [4.69, 9.17) is 4.98 Å². The number of benzene rings is 1. The Balaban J connectivity index is 1.22. The van der Waals surface area contributed by atoms with Crippen LogP contribution in [-0.2, 0) is 13.6 Å². The summed E-state index contributed by atoms with van der Waals surface area (Å²) in [5, 5.41) is 5.46. The van der Waals surface area contributed by atoms with Crippen molar-refractivity contribution in [1.82, 2.24) is 29.6 Å². The third-order valence-corrected chi connectivity index (χ3v) is 6.63. The lowest BCUT2D eigenvalue weighted by Gasteiger charge is -2.35. The minimum atomic E-state index is 0.898. The van der Waals surface area contributed by atoms with E-state index in [9.17, 15) is 0 Å². The smallest absolute Gasteiger partial charge is 0.128 e. The average Bonchev–Trinajstić information content (AvgIpc) is 3.35. The van der Waals surface area contributed by atoms with Gasteiger partial charge in [0.15, 0.2) is 0 Å². The molecule has 6 rings (SSSR count). The number of aryl methyl sites for hydroxylation is 1. The normalized spacial score (nSPS) is 14.5. The first-order valence-electron chi connectivity index (χ1n) is 11.9. The van der Waals surface area contributed by atoms with Crippen molar-refractivity contribution < 1.29 is 0 Å². The van der Waals surface area contributed by atoms with Crippen molar-refractivity contribution in [1.29, 1.82) is 0 Å². The van der Waals surface area contributed by atoms with Crippen molar-refractivity contribution in [3.63, 3.8) is 0 Å². The van der Waals surface area contributed by atoms with Crippen LogP contribution in [0.5, 0.6) is 0 Å². The first kappa shape index (κ1) is 21.4. The van der Waals surface area contributed by atoms with Crippen molar-refractivity contribution in [3.05, 3.63) is 91.3 Å². The predicted molar refractivity (Wildman–Crippen MR) is 139 cm³/mol. The van der Waals surface area contributed by atoms with Crippen LogP contribution in [0.1, 0.15) is 5.69 Å². The van der Waals surface area contributed by atoms with Crippen LogP contribution >= 0.6 is 0 Å². The highest BCUT2D eigenvalue weighted by atomic mass is 15.3. The zero-order chi connectivity index (χ0) is 23.6. The van der Waals surface area contributed by atoms with Crippen LogP contribution in [0.25, 0.3) is 33.2 Å². The number of hydrogen-bond acceptors (Lipinski definition) is 6. The number of rotatable bonds is 5. The highest BCUT2D eigenvalue weighted by molar-refractivity contribution is 5.98. The molecule has 0 unspecified atom stereocenters. The van der Waals surface area contributed by atoms with Crippen molar-refractivity contribution in [2.75, 3.05) is 31.1 Å². The first-order valence-corrected chi connectivity index (χ1v) is 11.9. The van der Waals surface area contributed by atoms with E-state index in [1.165, 1.54) is 0 Å². The Morgan fingerprint density at radius 1 is 0.771 bits per heavy atom. The molecule has 4 aromatic heterocycles. The van der Waals surface area contributed by atoms with Gasteiger partial charge in [-0.25, -0.2) is 4.98 Å². The molecule has 1 aliphatic heterocycles. The quantitative estimate of drug-likeness (QED) is 0.386. The molecule has 0 radical (unpaired) electrons. The van der Waals surface area contributed by atoms with Gasteiger partial charge in [0.1, 0.15) is 5.82 Å². The van der Waals surface area contributed by atoms with Gasteiger partial charge in [-0.2, -0.15) is 5.10 Å². The molecule has 0 atom stereocenters. The van der Waals surface area contributed by atoms with Gasteiger partial charge in [-0.3, -0.25) is 19.5 Å². The summed E-state index contributed by atoms with van der Waals surface area (Å²) in [5.74, 6) is 1.03. The number of fused-ring (bicyclic) bond motifs is 1. The Morgan fingerprint density at radius 2 is 1.66 bits per heavy atom. The SMILES string of the molecule is Cn1cc(-c2cc(-c3ccc(N4CCN(Cc5ccccn5)CC4)nc3)c3cccnc3c2)cn1. The number of pyridine rings is 3. The lowest BCUT2D eigenvalue weighted by Crippen LogP contribution is -2.46. The molecule has 35 heavy (non-hydrogen) atoms. The van der Waals surface area contributed by atoms with E-state index >= 15 is 0 Å². The Bertz CT molecular complexity index is 1440. The third kappa shape index (κ3) is 4.50. The zero-order valence-electron chi connectivity index (χ0n) is 19.7. The van der Waals surface area contributed by atoms with Gasteiger partial charge >= 0.3 is 0 Å². The molecular formula is C28H27N7. The van der Waals surface area contributed by atoms with Gasteiger partial charge in [0.25, 0.3) is 0 Å². The highest BCUT2D eigenvalue weighted by Crippen LogP contribution is 2.33. The third-order valence-electron chi connectivity index (χ3n) is 6.63. The average molecular weight is 462 g/mol. The van der Waals surface area contributed by atoms with E-state index < -0.39 is 0 Å². The lowest BCUT2D eigenvalue weighted by atomic mass is 9.97. The maximum Gasteiger partial charge on any atom is 0.128 e. The largest absolute Gasteiger partial charge is 0.354 e. The number of aromatic nitrogens is 5. The first-order chi connectivity index (χ1) is 17.2. The number of hydrogen-bond donors (Lipinski definition) is 0. The fourth-order valence-corrected chi connectivity index (χ4v) is 4.75. The van der Waals surface area contributed by atoms with Gasteiger partial charge < -0.3 is 4.90 Å². The van der Waals surface area contributed by atoms with E-state index in [1.54, 1.807) is 0 Å². The van der Waals surface area contributed by atoms with E-state index in [2.05, 4.69) is 67.3 Å². The summed E-state index contributed by atoms with van der Waals surface area (Å²) < 4.78 is 1.82. The maximum absolute atomic E-state index is 4.86. The van der Waals surface area contributed by atoms with E-state index in [1.807, 2.05) is 54.8 Å². The van der Waals surface area contributed by atoms with Crippen LogP contribution in [0.3, 0.4) is 0 Å². The maximum atomic E-state index is 4.86. The molecule has 1 aliphatic rings. The summed E-state index contributed by atoms with van der Waals surface area (Å²) in [6.07, 6.45) is 9.62. The van der Waals surface area contributed by atoms with Gasteiger partial charge in [0, 0.05) is 81.1 Å². The molecule has 0 saturated carbocycles. The van der Waals surface area contributed by atoms with Crippen LogP contribution < -0.4 is 4.90 Å². The number of piperazine rings is 1. The second kappa shape index (κ2) is 9.27. The minimum Gasteiger partial charge on any atom is -0.354 e. The van der Waals surface area contributed by atoms with E-state index in [-0.39, 0.29) is 0 Å². The van der Waals surface area contributed by atoms with Gasteiger partial charge in [-0.1, -0.05) is 12.1 Å². The monoisotopic (exact) mass is 461 g/mol. The molecule has 5 heterocycles. The van der Waals surface area contributed by atoms with E-state index in [0.29, 0.717) is 0 Å².